The Bertz CT molecular complexity index is 1640. The molecular weight excluding hydrogens is 588 g/mol. The highest BCUT2D eigenvalue weighted by atomic mass is 32.1. The van der Waals surface area contributed by atoms with Gasteiger partial charge in [-0.05, 0) is 12.1 Å². The highest BCUT2D eigenvalue weighted by Crippen LogP contribution is 2.40. The van der Waals surface area contributed by atoms with Crippen LogP contribution in [-0.2, 0) is 4.74 Å². The molecule has 0 saturated carbocycles. The van der Waals surface area contributed by atoms with Crippen molar-refractivity contribution in [3.63, 3.8) is 0 Å². The van der Waals surface area contributed by atoms with Gasteiger partial charge in [-0.2, -0.15) is 0 Å². The van der Waals surface area contributed by atoms with E-state index >= 15 is 4.39 Å². The Labute approximate surface area is 259 Å². The predicted molar refractivity (Wildman–Crippen MR) is 165 cm³/mol. The molecule has 0 bridgehead atoms. The number of nitrogens with one attached hydrogen (secondary N) is 4. The largest absolute Gasteiger partial charge is 0.494 e. The Hall–Kier alpha value is -4.70. The minimum Gasteiger partial charge on any atom is -0.494 e. The number of pyridine rings is 1. The number of carbonyl (C=O) groups is 2. The van der Waals surface area contributed by atoms with Crippen LogP contribution in [0.2, 0.25) is 0 Å². The second-order valence-electron chi connectivity index (χ2n) is 9.03. The molecule has 0 aliphatic heterocycles. The molecule has 0 spiro atoms. The average molecular weight is 612 g/mol. The summed E-state index contributed by atoms with van der Waals surface area (Å²) in [6, 6.07) is 7.03. The Kier molecular flexibility index (Phi) is 10.4. The number of methoxy groups -OCH3 is 3. The zero-order valence-corrected chi connectivity index (χ0v) is 24.6. The van der Waals surface area contributed by atoms with Crippen LogP contribution in [0.1, 0.15) is 20.2 Å². The molecule has 0 atom stereocenters. The summed E-state index contributed by atoms with van der Waals surface area (Å²) in [4.78, 5) is 34.1. The molecule has 6 radical (unpaired) electrons. The van der Waals surface area contributed by atoms with Crippen molar-refractivity contribution in [3.8, 4) is 22.9 Å². The van der Waals surface area contributed by atoms with Crippen molar-refractivity contribution in [2.45, 2.75) is 5.24 Å². The summed E-state index contributed by atoms with van der Waals surface area (Å²) in [6.07, 6.45) is 1.23. The van der Waals surface area contributed by atoms with Crippen LogP contribution in [0.15, 0.2) is 41.9 Å². The summed E-state index contributed by atoms with van der Waals surface area (Å²) in [5, 5.41) is 18.5. The van der Waals surface area contributed by atoms with Crippen LogP contribution in [0.25, 0.3) is 11.3 Å². The number of hydrogen-bond acceptors (Lipinski definition) is 12. The van der Waals surface area contributed by atoms with Crippen LogP contribution in [-0.4, -0.2) is 95.2 Å². The van der Waals surface area contributed by atoms with Gasteiger partial charge in [-0.3, -0.25) is 9.59 Å². The lowest BCUT2D eigenvalue weighted by molar-refractivity contribution is 0.0933. The molecule has 18 heteroatoms. The Morgan fingerprint density at radius 3 is 2.43 bits per heavy atom. The van der Waals surface area contributed by atoms with Gasteiger partial charge in [-0.15, -0.1) is 21.5 Å². The van der Waals surface area contributed by atoms with Gasteiger partial charge in [0.05, 0.1) is 67.0 Å². The van der Waals surface area contributed by atoms with Gasteiger partial charge >= 0.3 is 0 Å². The number of anilines is 4. The number of hydrogen-bond donors (Lipinski definition) is 4. The predicted octanol–water partition coefficient (Wildman–Crippen LogP) is 1.86. The molecule has 220 valence electrons. The molecule has 0 fully saturated rings. The van der Waals surface area contributed by atoms with Crippen LogP contribution in [0, 0.1) is 5.82 Å². The van der Waals surface area contributed by atoms with Gasteiger partial charge < -0.3 is 35.5 Å². The fourth-order valence-corrected chi connectivity index (χ4v) is 4.52. The highest BCUT2D eigenvalue weighted by molar-refractivity contribution is 7.12. The summed E-state index contributed by atoms with van der Waals surface area (Å²) in [5.41, 5.74) is 0.754. The maximum Gasteiger partial charge on any atom is 0.280 e. The molecule has 4 N–H and O–H groups in total. The minimum atomic E-state index is -2.04. The van der Waals surface area contributed by atoms with Crippen LogP contribution >= 0.6 is 11.3 Å². The molecule has 3 aromatic heterocycles. The standard InChI is InChI=1S/C26H24B3FN8O5S/c1-41-7-6-31-24(40)25-34-18(12-44-25)14-8-13(30)9-17(22(14)43-3)33-16-10-20(35-19-4-5-21(42-2)38-37-19)32-11-15(16)23(39)36-26(27,28)29/h4-5,8-12H,6-7H2,1-3H3,(H,31,40)(H,36,39)(H2,32,33,35,37). The number of halogens is 1. The fourth-order valence-electron chi connectivity index (χ4n) is 3.78. The van der Waals surface area contributed by atoms with E-state index in [-0.39, 0.29) is 39.1 Å². The molecule has 1 aromatic carbocycles. The third kappa shape index (κ3) is 8.23. The van der Waals surface area contributed by atoms with Crippen LogP contribution < -0.4 is 30.7 Å². The van der Waals surface area contributed by atoms with Crippen molar-refractivity contribution in [1.29, 1.82) is 0 Å². The molecule has 44 heavy (non-hydrogen) atoms. The maximum atomic E-state index is 15.0. The number of ether oxygens (including phenoxy) is 3. The summed E-state index contributed by atoms with van der Waals surface area (Å²) >= 11 is 1.08. The molecule has 0 saturated heterocycles. The van der Waals surface area contributed by atoms with Crippen LogP contribution in [0.4, 0.5) is 27.4 Å². The Morgan fingerprint density at radius 1 is 0.977 bits per heavy atom. The normalized spacial score (nSPS) is 11.0. The van der Waals surface area contributed by atoms with Crippen molar-refractivity contribution >= 4 is 69.7 Å². The quantitative estimate of drug-likeness (QED) is 0.129. The third-order valence-electron chi connectivity index (χ3n) is 5.68. The average Bonchev–Trinajstić information content (AvgIpc) is 3.47. The first-order valence-electron chi connectivity index (χ1n) is 12.7. The second-order valence-corrected chi connectivity index (χ2v) is 9.89. The highest BCUT2D eigenvalue weighted by Gasteiger charge is 2.22. The molecule has 4 aromatic rings. The van der Waals surface area contributed by atoms with Crippen LogP contribution in [0.5, 0.6) is 11.6 Å². The smallest absolute Gasteiger partial charge is 0.280 e. The van der Waals surface area contributed by atoms with E-state index in [2.05, 4.69) is 41.4 Å². The first-order valence-corrected chi connectivity index (χ1v) is 13.6. The van der Waals surface area contributed by atoms with Crippen molar-refractivity contribution in [3.05, 3.63) is 58.3 Å². The number of nitrogens with zero attached hydrogens (tertiary/aromatic N) is 4. The maximum absolute atomic E-state index is 15.0. The van der Waals surface area contributed by atoms with Gasteiger partial charge in [0.15, 0.2) is 16.6 Å². The monoisotopic (exact) mass is 612 g/mol. The summed E-state index contributed by atoms with van der Waals surface area (Å²) in [7, 11) is 21.1. The summed E-state index contributed by atoms with van der Waals surface area (Å²) in [5.74, 6) is -0.796. The van der Waals surface area contributed by atoms with E-state index in [9.17, 15) is 9.59 Å². The molecule has 0 aliphatic carbocycles. The van der Waals surface area contributed by atoms with E-state index in [0.29, 0.717) is 30.5 Å². The SMILES string of the molecule is [B]C([B])([B])NC(=O)c1cnc(Nc2ccc(OC)nn2)cc1Nc1cc(F)cc(-c2csc(C(=O)NCCOC)n2)c1OC. The number of carbonyl (C=O) groups excluding carboxylic acids is 2. The lowest BCUT2D eigenvalue weighted by atomic mass is 9.49. The number of amides is 2. The number of rotatable bonds is 13. The first kappa shape index (κ1) is 32.2. The van der Waals surface area contributed by atoms with E-state index in [1.165, 1.54) is 39.7 Å². The molecule has 3 heterocycles. The van der Waals surface area contributed by atoms with Gasteiger partial charge in [-0.25, -0.2) is 14.4 Å². The van der Waals surface area contributed by atoms with E-state index in [4.69, 9.17) is 37.7 Å². The van der Waals surface area contributed by atoms with Crippen molar-refractivity contribution < 1.29 is 28.2 Å². The van der Waals surface area contributed by atoms with Gasteiger partial charge in [-0.1, -0.05) is 5.24 Å². The van der Waals surface area contributed by atoms with Crippen LogP contribution in [0.3, 0.4) is 0 Å². The third-order valence-corrected chi connectivity index (χ3v) is 6.52. The second kappa shape index (κ2) is 14.2. The number of aromatic nitrogens is 4. The van der Waals surface area contributed by atoms with E-state index < -0.39 is 22.9 Å². The number of thiazole rings is 1. The van der Waals surface area contributed by atoms with E-state index in [0.717, 1.165) is 17.4 Å². The van der Waals surface area contributed by atoms with Crippen molar-refractivity contribution in [2.24, 2.45) is 0 Å². The molecule has 4 rings (SSSR count). The zero-order valence-electron chi connectivity index (χ0n) is 23.8. The topological polar surface area (TPSA) is 162 Å². The molecule has 0 aliphatic rings. The lowest BCUT2D eigenvalue weighted by Gasteiger charge is -2.23. The van der Waals surface area contributed by atoms with Gasteiger partial charge in [0.1, 0.15) is 11.6 Å². The molecule has 0 unspecified atom stereocenters. The van der Waals surface area contributed by atoms with E-state index in [1.54, 1.807) is 17.5 Å². The Morgan fingerprint density at radius 2 is 1.77 bits per heavy atom. The first-order chi connectivity index (χ1) is 21.0. The fraction of sp³-hybridized carbons (Fsp3) is 0.231. The molecule has 2 amide bonds. The summed E-state index contributed by atoms with van der Waals surface area (Å²) in [6.45, 7) is 0.629. The van der Waals surface area contributed by atoms with E-state index in [1.807, 2.05) is 0 Å². The molecule has 13 nitrogen and oxygen atoms in total. The number of benzene rings is 1. The van der Waals surface area contributed by atoms with Gasteiger partial charge in [0.25, 0.3) is 11.8 Å². The molecular formula is C26H24B3FN8O5S. The summed E-state index contributed by atoms with van der Waals surface area (Å²) < 4.78 is 30.6. The van der Waals surface area contributed by atoms with Gasteiger partial charge in [0.2, 0.25) is 5.88 Å². The Balaban J connectivity index is 1.72. The van der Waals surface area contributed by atoms with Gasteiger partial charge in [0, 0.05) is 49.0 Å². The van der Waals surface area contributed by atoms with Crippen molar-refractivity contribution in [2.75, 3.05) is 45.1 Å². The van der Waals surface area contributed by atoms with Crippen molar-refractivity contribution in [1.82, 2.24) is 30.8 Å². The lowest BCUT2D eigenvalue weighted by Crippen LogP contribution is -2.50. The zero-order chi connectivity index (χ0) is 31.9. The minimum absolute atomic E-state index is 0.0429.